The van der Waals surface area contributed by atoms with E-state index < -0.39 is 11.6 Å². The summed E-state index contributed by atoms with van der Waals surface area (Å²) in [4.78, 5) is 14.9. The van der Waals surface area contributed by atoms with Crippen molar-refractivity contribution in [2.75, 3.05) is 19.7 Å². The van der Waals surface area contributed by atoms with Crippen molar-refractivity contribution < 1.29 is 18.3 Å². The molecule has 154 valence electrons. The average Bonchev–Trinajstić information content (AvgIpc) is 2.71. The number of ether oxygens (including phenoxy) is 1. The number of carbonyl (C=O) groups is 1. The van der Waals surface area contributed by atoms with Crippen LogP contribution in [0.1, 0.15) is 24.0 Å². The minimum atomic E-state index is -0.827. The van der Waals surface area contributed by atoms with Crippen LogP contribution in [-0.2, 0) is 17.8 Å². The molecular weight excluding hydrogens is 398 g/mol. The predicted octanol–water partition coefficient (Wildman–Crippen LogP) is 3.95. The molecule has 4 nitrogen and oxygen atoms in total. The number of hydrogen-bond acceptors (Lipinski definition) is 3. The minimum Gasteiger partial charge on any atom is -0.492 e. The molecule has 1 amide bonds. The molecule has 2 aliphatic heterocycles. The van der Waals surface area contributed by atoms with Gasteiger partial charge in [0.25, 0.3) is 0 Å². The lowest BCUT2D eigenvalue weighted by Gasteiger charge is -2.33. The lowest BCUT2D eigenvalue weighted by atomic mass is 9.95. The van der Waals surface area contributed by atoms with Crippen LogP contribution in [0.25, 0.3) is 0 Å². The molecule has 0 bridgehead atoms. The first kappa shape index (κ1) is 20.1. The molecular formula is C22H23ClF2N2O2. The highest BCUT2D eigenvalue weighted by Gasteiger charge is 2.29. The molecule has 2 aromatic carbocycles. The smallest absolute Gasteiger partial charge is 0.227 e. The molecule has 29 heavy (non-hydrogen) atoms. The van der Waals surface area contributed by atoms with Gasteiger partial charge in [-0.25, -0.2) is 8.78 Å². The molecule has 0 saturated carbocycles. The lowest BCUT2D eigenvalue weighted by Crippen LogP contribution is -2.47. The van der Waals surface area contributed by atoms with Gasteiger partial charge < -0.3 is 10.1 Å². The van der Waals surface area contributed by atoms with Crippen LogP contribution < -0.4 is 10.1 Å². The van der Waals surface area contributed by atoms with Crippen LogP contribution >= 0.6 is 11.6 Å². The second-order valence-corrected chi connectivity index (χ2v) is 8.21. The number of amides is 1. The second-order valence-electron chi connectivity index (χ2n) is 7.77. The molecule has 7 heteroatoms. The highest BCUT2D eigenvalue weighted by Crippen LogP contribution is 2.30. The SMILES string of the molecule is O=C(NC1CCN(Cc2ccc(F)c(F)c2)CC1)C1COc2ccc(Cl)cc2C1. The van der Waals surface area contributed by atoms with E-state index in [9.17, 15) is 13.6 Å². The summed E-state index contributed by atoms with van der Waals surface area (Å²) in [7, 11) is 0. The zero-order valence-corrected chi connectivity index (χ0v) is 16.7. The molecule has 1 saturated heterocycles. The van der Waals surface area contributed by atoms with Gasteiger partial charge in [-0.1, -0.05) is 17.7 Å². The van der Waals surface area contributed by atoms with Crippen molar-refractivity contribution in [3.8, 4) is 5.75 Å². The second kappa shape index (κ2) is 8.67. The normalized spacial score (nSPS) is 20.0. The number of benzene rings is 2. The molecule has 1 fully saturated rings. The fraction of sp³-hybridized carbons (Fsp3) is 0.409. The number of halogens is 3. The van der Waals surface area contributed by atoms with Gasteiger partial charge in [0.2, 0.25) is 5.91 Å². The zero-order chi connectivity index (χ0) is 20.4. The van der Waals surface area contributed by atoms with Gasteiger partial charge in [0.1, 0.15) is 12.4 Å². The van der Waals surface area contributed by atoms with Gasteiger partial charge in [-0.05, 0) is 60.7 Å². The summed E-state index contributed by atoms with van der Waals surface area (Å²) < 4.78 is 32.2. The van der Waals surface area contributed by atoms with Crippen molar-refractivity contribution in [2.45, 2.75) is 31.8 Å². The maximum Gasteiger partial charge on any atom is 0.227 e. The fourth-order valence-corrected chi connectivity index (χ4v) is 4.18. The van der Waals surface area contributed by atoms with Crippen LogP contribution in [0, 0.1) is 17.6 Å². The van der Waals surface area contributed by atoms with Crippen molar-refractivity contribution in [3.05, 3.63) is 64.2 Å². The molecule has 0 radical (unpaired) electrons. The minimum absolute atomic E-state index is 0.00896. The molecule has 1 N–H and O–H groups in total. The summed E-state index contributed by atoms with van der Waals surface area (Å²) in [5.41, 5.74) is 1.72. The van der Waals surface area contributed by atoms with E-state index in [1.54, 1.807) is 12.1 Å². The molecule has 1 unspecified atom stereocenters. The monoisotopic (exact) mass is 420 g/mol. The number of fused-ring (bicyclic) bond motifs is 1. The van der Waals surface area contributed by atoms with Crippen molar-refractivity contribution in [1.82, 2.24) is 10.2 Å². The Morgan fingerprint density at radius 1 is 1.14 bits per heavy atom. The Balaban J connectivity index is 1.26. The molecule has 2 aliphatic rings. The number of rotatable bonds is 4. The molecule has 0 spiro atoms. The van der Waals surface area contributed by atoms with E-state index in [-0.39, 0.29) is 17.9 Å². The van der Waals surface area contributed by atoms with Gasteiger partial charge in [-0.3, -0.25) is 9.69 Å². The van der Waals surface area contributed by atoms with Crippen molar-refractivity contribution in [1.29, 1.82) is 0 Å². The Hall–Kier alpha value is -2.18. The first-order valence-electron chi connectivity index (χ1n) is 9.86. The summed E-state index contributed by atoms with van der Waals surface area (Å²) in [6.45, 7) is 2.54. The third-order valence-electron chi connectivity index (χ3n) is 5.62. The maximum atomic E-state index is 13.4. The average molecular weight is 421 g/mol. The van der Waals surface area contributed by atoms with Gasteiger partial charge in [-0.2, -0.15) is 0 Å². The standard InChI is InChI=1S/C22H23ClF2N2O2/c23-17-2-4-21-15(11-17)10-16(13-29-21)22(28)26-18-5-7-27(8-6-18)12-14-1-3-19(24)20(25)9-14/h1-4,9,11,16,18H,5-8,10,12-13H2,(H,26,28). The molecule has 2 heterocycles. The highest BCUT2D eigenvalue weighted by atomic mass is 35.5. The van der Waals surface area contributed by atoms with Crippen molar-refractivity contribution in [3.63, 3.8) is 0 Å². The molecule has 1 atom stereocenters. The summed E-state index contributed by atoms with van der Waals surface area (Å²) in [5, 5.41) is 3.79. The number of hydrogen-bond donors (Lipinski definition) is 1. The van der Waals surface area contributed by atoms with Crippen LogP contribution in [0.15, 0.2) is 36.4 Å². The molecule has 4 rings (SSSR count). The van der Waals surface area contributed by atoms with E-state index in [1.165, 1.54) is 6.07 Å². The Morgan fingerprint density at radius 2 is 1.93 bits per heavy atom. The van der Waals surface area contributed by atoms with Gasteiger partial charge in [-0.15, -0.1) is 0 Å². The van der Waals surface area contributed by atoms with Crippen molar-refractivity contribution in [2.24, 2.45) is 5.92 Å². The molecule has 0 aliphatic carbocycles. The zero-order valence-electron chi connectivity index (χ0n) is 16.0. The van der Waals surface area contributed by atoms with E-state index >= 15 is 0 Å². The first-order valence-corrected chi connectivity index (χ1v) is 10.2. The Morgan fingerprint density at radius 3 is 2.69 bits per heavy atom. The molecule has 2 aromatic rings. The van der Waals surface area contributed by atoms with Crippen molar-refractivity contribution >= 4 is 17.5 Å². The third kappa shape index (κ3) is 4.87. The van der Waals surface area contributed by atoms with E-state index in [0.717, 1.165) is 48.9 Å². The van der Waals surface area contributed by atoms with E-state index in [4.69, 9.17) is 16.3 Å². The number of likely N-dealkylation sites (tertiary alicyclic amines) is 1. The molecule has 0 aromatic heterocycles. The van der Waals surface area contributed by atoms with E-state index in [1.807, 2.05) is 12.1 Å². The topological polar surface area (TPSA) is 41.6 Å². The quantitative estimate of drug-likeness (QED) is 0.814. The van der Waals surface area contributed by atoms with Gasteiger partial charge in [0.05, 0.1) is 5.92 Å². The van der Waals surface area contributed by atoms with E-state index in [2.05, 4.69) is 10.2 Å². The summed E-state index contributed by atoms with van der Waals surface area (Å²) in [5.74, 6) is -1.06. The van der Waals surface area contributed by atoms with Crippen LogP contribution in [0.3, 0.4) is 0 Å². The number of carbonyl (C=O) groups excluding carboxylic acids is 1. The Kier molecular flexibility index (Phi) is 6.01. The highest BCUT2D eigenvalue weighted by molar-refractivity contribution is 6.30. The fourth-order valence-electron chi connectivity index (χ4n) is 3.98. The number of piperidine rings is 1. The van der Waals surface area contributed by atoms with Crippen LogP contribution in [-0.4, -0.2) is 36.5 Å². The largest absolute Gasteiger partial charge is 0.492 e. The first-order chi connectivity index (χ1) is 14.0. The lowest BCUT2D eigenvalue weighted by molar-refractivity contribution is -0.127. The van der Waals surface area contributed by atoms with Gasteiger partial charge >= 0.3 is 0 Å². The number of nitrogens with zero attached hydrogens (tertiary/aromatic N) is 1. The maximum absolute atomic E-state index is 13.4. The predicted molar refractivity (Wildman–Crippen MR) is 107 cm³/mol. The Labute approximate surface area is 173 Å². The van der Waals surface area contributed by atoms with Gasteiger partial charge in [0.15, 0.2) is 11.6 Å². The summed E-state index contributed by atoms with van der Waals surface area (Å²) in [6.07, 6.45) is 2.27. The third-order valence-corrected chi connectivity index (χ3v) is 5.86. The van der Waals surface area contributed by atoms with Gasteiger partial charge in [0, 0.05) is 30.7 Å². The van der Waals surface area contributed by atoms with E-state index in [0.29, 0.717) is 24.6 Å². The Bertz CT molecular complexity index is 900. The number of nitrogens with one attached hydrogen (secondary N) is 1. The van der Waals surface area contributed by atoms with Crippen LogP contribution in [0.4, 0.5) is 8.78 Å². The summed E-state index contributed by atoms with van der Waals surface area (Å²) >= 11 is 6.05. The summed E-state index contributed by atoms with van der Waals surface area (Å²) in [6, 6.07) is 9.62. The van der Waals surface area contributed by atoms with Crippen LogP contribution in [0.5, 0.6) is 5.75 Å². The van der Waals surface area contributed by atoms with Crippen LogP contribution in [0.2, 0.25) is 5.02 Å².